The summed E-state index contributed by atoms with van der Waals surface area (Å²) in [5.74, 6) is -0.0699. The van der Waals surface area contributed by atoms with Gasteiger partial charge in [-0.1, -0.05) is 0 Å². The van der Waals surface area contributed by atoms with Crippen LogP contribution in [0.25, 0.3) is 22.8 Å². The van der Waals surface area contributed by atoms with Crippen LogP contribution in [0.4, 0.5) is 11.9 Å². The minimum Gasteiger partial charge on any atom is -0.492 e. The topological polar surface area (TPSA) is 150 Å². The van der Waals surface area contributed by atoms with E-state index in [2.05, 4.69) is 29.9 Å². The summed E-state index contributed by atoms with van der Waals surface area (Å²) in [4.78, 5) is 23.8. The standard InChI is InChI=1S/C12H10N8O/c13-11-15-3-1-6(19-11)8-5-17-10(21)9(18-8)7-2-4-16-12(14)20-7/h1-5H,(H,17,21)(H2,13,15,19)(H2,14,16,20). The maximum atomic E-state index is 9.85. The minimum absolute atomic E-state index is 0.0744. The lowest BCUT2D eigenvalue weighted by Gasteiger charge is -2.05. The summed E-state index contributed by atoms with van der Waals surface area (Å²) >= 11 is 0. The second-order valence-corrected chi connectivity index (χ2v) is 4.03. The average Bonchev–Trinajstić information content (AvgIpc) is 2.47. The molecule has 0 aliphatic rings. The zero-order chi connectivity index (χ0) is 14.8. The van der Waals surface area contributed by atoms with E-state index in [1.165, 1.54) is 18.6 Å². The Hall–Kier alpha value is -3.36. The molecular weight excluding hydrogens is 272 g/mol. The van der Waals surface area contributed by atoms with Gasteiger partial charge in [0.25, 0.3) is 0 Å². The van der Waals surface area contributed by atoms with Gasteiger partial charge in [-0.25, -0.2) is 29.9 Å². The molecule has 0 spiro atoms. The van der Waals surface area contributed by atoms with Gasteiger partial charge in [0, 0.05) is 12.4 Å². The molecule has 0 amide bonds. The summed E-state index contributed by atoms with van der Waals surface area (Å²) in [6, 6.07) is 3.20. The van der Waals surface area contributed by atoms with Gasteiger partial charge in [0.15, 0.2) is 5.69 Å². The van der Waals surface area contributed by atoms with E-state index in [-0.39, 0.29) is 23.5 Å². The van der Waals surface area contributed by atoms with Gasteiger partial charge in [-0.05, 0) is 12.1 Å². The van der Waals surface area contributed by atoms with Gasteiger partial charge in [0.2, 0.25) is 17.8 Å². The van der Waals surface area contributed by atoms with Gasteiger partial charge in [-0.3, -0.25) is 0 Å². The number of anilines is 2. The van der Waals surface area contributed by atoms with Crippen LogP contribution >= 0.6 is 0 Å². The molecule has 3 heterocycles. The van der Waals surface area contributed by atoms with Crippen molar-refractivity contribution in [2.24, 2.45) is 0 Å². The Kier molecular flexibility index (Phi) is 2.99. The SMILES string of the molecule is Nc1nccc(-c2cnc(O)c(-c3ccnc(N)n3)n2)n1. The summed E-state index contributed by atoms with van der Waals surface area (Å²) in [6.07, 6.45) is 4.36. The van der Waals surface area contributed by atoms with Crippen LogP contribution in [0.15, 0.2) is 30.7 Å². The zero-order valence-electron chi connectivity index (χ0n) is 10.7. The molecule has 5 N–H and O–H groups in total. The Labute approximate surface area is 118 Å². The predicted octanol–water partition coefficient (Wildman–Crippen LogP) is 0.261. The summed E-state index contributed by atoms with van der Waals surface area (Å²) < 4.78 is 0. The highest BCUT2D eigenvalue weighted by atomic mass is 16.3. The zero-order valence-corrected chi connectivity index (χ0v) is 10.7. The fourth-order valence-electron chi connectivity index (χ4n) is 1.70. The second kappa shape index (κ2) is 4.96. The van der Waals surface area contributed by atoms with E-state index >= 15 is 0 Å². The van der Waals surface area contributed by atoms with Crippen molar-refractivity contribution in [1.82, 2.24) is 29.9 Å². The van der Waals surface area contributed by atoms with Gasteiger partial charge in [0.1, 0.15) is 5.69 Å². The molecule has 104 valence electrons. The minimum atomic E-state index is -0.265. The van der Waals surface area contributed by atoms with Crippen LogP contribution in [-0.2, 0) is 0 Å². The van der Waals surface area contributed by atoms with Gasteiger partial charge in [-0.2, -0.15) is 0 Å². The van der Waals surface area contributed by atoms with E-state index in [0.29, 0.717) is 17.1 Å². The molecule has 0 aliphatic carbocycles. The number of nitrogens with two attached hydrogens (primary N) is 2. The molecule has 0 saturated carbocycles. The quantitative estimate of drug-likeness (QED) is 0.601. The van der Waals surface area contributed by atoms with Crippen molar-refractivity contribution in [3.05, 3.63) is 30.7 Å². The summed E-state index contributed by atoms with van der Waals surface area (Å²) in [7, 11) is 0. The number of aromatic hydroxyl groups is 1. The molecule has 9 nitrogen and oxygen atoms in total. The summed E-state index contributed by atoms with van der Waals surface area (Å²) in [6.45, 7) is 0. The first-order valence-electron chi connectivity index (χ1n) is 5.87. The smallest absolute Gasteiger partial charge is 0.239 e. The number of hydrogen-bond acceptors (Lipinski definition) is 9. The van der Waals surface area contributed by atoms with Crippen LogP contribution in [0.3, 0.4) is 0 Å². The van der Waals surface area contributed by atoms with Crippen LogP contribution in [0.5, 0.6) is 5.88 Å². The first-order valence-corrected chi connectivity index (χ1v) is 5.87. The normalized spacial score (nSPS) is 10.5. The van der Waals surface area contributed by atoms with Crippen molar-refractivity contribution in [3.63, 3.8) is 0 Å². The number of hydrogen-bond donors (Lipinski definition) is 3. The van der Waals surface area contributed by atoms with Crippen molar-refractivity contribution in [2.75, 3.05) is 11.5 Å². The molecule has 0 atom stereocenters. The fourth-order valence-corrected chi connectivity index (χ4v) is 1.70. The molecular formula is C12H10N8O. The number of nitrogens with zero attached hydrogens (tertiary/aromatic N) is 6. The largest absolute Gasteiger partial charge is 0.492 e. The van der Waals surface area contributed by atoms with E-state index in [4.69, 9.17) is 11.5 Å². The number of aromatic nitrogens is 6. The first-order chi connectivity index (χ1) is 10.1. The maximum absolute atomic E-state index is 9.85. The highest BCUT2D eigenvalue weighted by molar-refractivity contribution is 5.65. The van der Waals surface area contributed by atoms with Crippen molar-refractivity contribution >= 4 is 11.9 Å². The number of rotatable bonds is 2. The third-order valence-corrected chi connectivity index (χ3v) is 2.61. The molecule has 0 radical (unpaired) electrons. The second-order valence-electron chi connectivity index (χ2n) is 4.03. The summed E-state index contributed by atoms with van der Waals surface area (Å²) in [5, 5.41) is 9.85. The van der Waals surface area contributed by atoms with Crippen molar-refractivity contribution in [2.45, 2.75) is 0 Å². The molecule has 9 heteroatoms. The van der Waals surface area contributed by atoms with Crippen LogP contribution in [0, 0.1) is 0 Å². The predicted molar refractivity (Wildman–Crippen MR) is 74.6 cm³/mol. The molecule has 0 bridgehead atoms. The third-order valence-electron chi connectivity index (χ3n) is 2.61. The molecule has 0 unspecified atom stereocenters. The van der Waals surface area contributed by atoms with Crippen molar-refractivity contribution < 1.29 is 5.11 Å². The van der Waals surface area contributed by atoms with E-state index in [1.807, 2.05) is 0 Å². The molecule has 0 fully saturated rings. The van der Waals surface area contributed by atoms with Gasteiger partial charge < -0.3 is 16.6 Å². The molecule has 0 saturated heterocycles. The first kappa shape index (κ1) is 12.7. The Balaban J connectivity index is 2.12. The fraction of sp³-hybridized carbons (Fsp3) is 0. The van der Waals surface area contributed by atoms with Crippen LogP contribution in [0.1, 0.15) is 0 Å². The molecule has 21 heavy (non-hydrogen) atoms. The van der Waals surface area contributed by atoms with Crippen molar-refractivity contribution in [3.8, 4) is 28.7 Å². The summed E-state index contributed by atoms with van der Waals surface area (Å²) in [5.41, 5.74) is 12.5. The van der Waals surface area contributed by atoms with E-state index < -0.39 is 0 Å². The Morgan fingerprint density at radius 1 is 0.762 bits per heavy atom. The van der Waals surface area contributed by atoms with E-state index in [9.17, 15) is 5.11 Å². The third kappa shape index (κ3) is 2.52. The Morgan fingerprint density at radius 2 is 1.38 bits per heavy atom. The molecule has 0 aromatic carbocycles. The molecule has 0 aliphatic heterocycles. The van der Waals surface area contributed by atoms with Gasteiger partial charge in [-0.15, -0.1) is 0 Å². The van der Waals surface area contributed by atoms with Crippen molar-refractivity contribution in [1.29, 1.82) is 0 Å². The molecule has 3 aromatic heterocycles. The lowest BCUT2D eigenvalue weighted by Crippen LogP contribution is -2.00. The monoisotopic (exact) mass is 282 g/mol. The number of nitrogen functional groups attached to an aromatic ring is 2. The average molecular weight is 282 g/mol. The Bertz CT molecular complexity index is 807. The Morgan fingerprint density at radius 3 is 2.05 bits per heavy atom. The van der Waals surface area contributed by atoms with E-state index in [1.54, 1.807) is 12.1 Å². The van der Waals surface area contributed by atoms with Gasteiger partial charge >= 0.3 is 0 Å². The lowest BCUT2D eigenvalue weighted by atomic mass is 10.2. The van der Waals surface area contributed by atoms with Crippen LogP contribution in [0.2, 0.25) is 0 Å². The van der Waals surface area contributed by atoms with Crippen LogP contribution < -0.4 is 11.5 Å². The maximum Gasteiger partial charge on any atom is 0.239 e. The molecule has 3 rings (SSSR count). The van der Waals surface area contributed by atoms with Gasteiger partial charge in [0.05, 0.1) is 17.6 Å². The highest BCUT2D eigenvalue weighted by Crippen LogP contribution is 2.26. The van der Waals surface area contributed by atoms with E-state index in [0.717, 1.165) is 0 Å². The lowest BCUT2D eigenvalue weighted by molar-refractivity contribution is 0.453. The highest BCUT2D eigenvalue weighted by Gasteiger charge is 2.13. The van der Waals surface area contributed by atoms with Crippen LogP contribution in [-0.4, -0.2) is 35.0 Å². The molecule has 3 aromatic rings.